The smallest absolute Gasteiger partial charge is 0.208 e. The lowest BCUT2D eigenvalue weighted by molar-refractivity contribution is 0.399. The summed E-state index contributed by atoms with van der Waals surface area (Å²) in [5.41, 5.74) is 1.05. The minimum Gasteiger partial charge on any atom is -0.347 e. The number of aryl methyl sites for hydroxylation is 1. The maximum Gasteiger partial charge on any atom is 0.208 e. The Hall–Kier alpha value is -1.36. The third-order valence-corrected chi connectivity index (χ3v) is 5.46. The fourth-order valence-electron chi connectivity index (χ4n) is 2.09. The van der Waals surface area contributed by atoms with E-state index in [1.54, 1.807) is 48.5 Å². The van der Waals surface area contributed by atoms with Gasteiger partial charge in [-0.3, -0.25) is 0 Å². The standard InChI is InChI=1S/C15H13ClO3S/c1-10-2-8-13(9-3-10)20(17,18)15-14(19-15)11-4-6-12(16)7-5-11/h2-9,14-15H,1H3/t14-,15-/m0/s1. The second kappa shape index (κ2) is 4.88. The highest BCUT2D eigenvalue weighted by atomic mass is 35.5. The van der Waals surface area contributed by atoms with Crippen LogP contribution in [0.1, 0.15) is 17.2 Å². The first-order valence-corrected chi connectivity index (χ1v) is 8.12. The van der Waals surface area contributed by atoms with Gasteiger partial charge in [-0.15, -0.1) is 0 Å². The van der Waals surface area contributed by atoms with Crippen molar-refractivity contribution in [3.63, 3.8) is 0 Å². The van der Waals surface area contributed by atoms with Crippen molar-refractivity contribution in [2.45, 2.75) is 23.4 Å². The Kier molecular flexibility index (Phi) is 3.32. The lowest BCUT2D eigenvalue weighted by Crippen LogP contribution is -2.09. The highest BCUT2D eigenvalue weighted by molar-refractivity contribution is 7.92. The van der Waals surface area contributed by atoms with Gasteiger partial charge in [-0.05, 0) is 36.8 Å². The second-order valence-corrected chi connectivity index (χ2v) is 7.30. The van der Waals surface area contributed by atoms with Gasteiger partial charge in [0.25, 0.3) is 0 Å². The number of epoxide rings is 1. The third kappa shape index (κ3) is 2.46. The van der Waals surface area contributed by atoms with E-state index < -0.39 is 21.4 Å². The van der Waals surface area contributed by atoms with Crippen molar-refractivity contribution in [3.8, 4) is 0 Å². The topological polar surface area (TPSA) is 46.7 Å². The van der Waals surface area contributed by atoms with Gasteiger partial charge in [-0.1, -0.05) is 41.4 Å². The zero-order chi connectivity index (χ0) is 14.3. The minimum absolute atomic E-state index is 0.296. The molecule has 2 aromatic carbocycles. The molecule has 0 saturated carbocycles. The van der Waals surface area contributed by atoms with E-state index in [0.717, 1.165) is 11.1 Å². The summed E-state index contributed by atoms with van der Waals surface area (Å²) in [6.45, 7) is 1.92. The number of hydrogen-bond acceptors (Lipinski definition) is 3. The van der Waals surface area contributed by atoms with E-state index in [0.29, 0.717) is 9.92 Å². The van der Waals surface area contributed by atoms with Crippen LogP contribution in [0, 0.1) is 6.92 Å². The van der Waals surface area contributed by atoms with Crippen molar-refractivity contribution >= 4 is 21.4 Å². The number of halogens is 1. The van der Waals surface area contributed by atoms with Gasteiger partial charge in [0.05, 0.1) is 4.90 Å². The molecule has 1 saturated heterocycles. The molecule has 3 rings (SSSR count). The molecule has 0 N–H and O–H groups in total. The molecule has 0 unspecified atom stereocenters. The van der Waals surface area contributed by atoms with Gasteiger partial charge in [0.15, 0.2) is 5.44 Å². The van der Waals surface area contributed by atoms with Crippen LogP contribution in [0.3, 0.4) is 0 Å². The number of sulfone groups is 1. The Morgan fingerprint density at radius 2 is 1.60 bits per heavy atom. The number of ether oxygens (including phenoxy) is 1. The molecule has 20 heavy (non-hydrogen) atoms. The largest absolute Gasteiger partial charge is 0.347 e. The van der Waals surface area contributed by atoms with Gasteiger partial charge in [-0.25, -0.2) is 8.42 Å². The number of rotatable bonds is 3. The maximum absolute atomic E-state index is 12.4. The Morgan fingerprint density at radius 3 is 2.20 bits per heavy atom. The number of benzene rings is 2. The van der Waals surface area contributed by atoms with Crippen LogP contribution >= 0.6 is 11.6 Å². The Bertz CT molecular complexity index is 721. The molecule has 0 radical (unpaired) electrons. The summed E-state index contributed by atoms with van der Waals surface area (Å²) in [7, 11) is -3.45. The second-order valence-electron chi connectivity index (χ2n) is 4.83. The quantitative estimate of drug-likeness (QED) is 0.815. The molecule has 1 heterocycles. The summed E-state index contributed by atoms with van der Waals surface area (Å²) >= 11 is 5.81. The van der Waals surface area contributed by atoms with Crippen LogP contribution in [0.2, 0.25) is 5.02 Å². The van der Waals surface area contributed by atoms with E-state index in [4.69, 9.17) is 16.3 Å². The van der Waals surface area contributed by atoms with Crippen molar-refractivity contribution < 1.29 is 13.2 Å². The Morgan fingerprint density at radius 1 is 1.00 bits per heavy atom. The fourth-order valence-corrected chi connectivity index (χ4v) is 3.74. The normalized spacial score (nSPS) is 21.7. The molecule has 2 aromatic rings. The first-order chi connectivity index (χ1) is 9.48. The summed E-state index contributed by atoms with van der Waals surface area (Å²) in [5, 5.41) is 0.618. The Labute approximate surface area is 123 Å². The Balaban J connectivity index is 1.84. The van der Waals surface area contributed by atoms with Crippen LogP contribution in [0.15, 0.2) is 53.4 Å². The van der Waals surface area contributed by atoms with Crippen LogP contribution in [0.4, 0.5) is 0 Å². The van der Waals surface area contributed by atoms with E-state index in [2.05, 4.69) is 0 Å². The van der Waals surface area contributed by atoms with E-state index in [-0.39, 0.29) is 0 Å². The molecule has 1 aliphatic heterocycles. The van der Waals surface area contributed by atoms with Gasteiger partial charge in [0.1, 0.15) is 6.10 Å². The predicted molar refractivity (Wildman–Crippen MR) is 77.4 cm³/mol. The van der Waals surface area contributed by atoms with E-state index in [1.807, 2.05) is 6.92 Å². The first kappa shape index (κ1) is 13.6. The SMILES string of the molecule is Cc1ccc(S(=O)(=O)[C@@H]2O[C@H]2c2ccc(Cl)cc2)cc1. The van der Waals surface area contributed by atoms with Crippen LogP contribution < -0.4 is 0 Å². The van der Waals surface area contributed by atoms with Crippen LogP contribution in [-0.4, -0.2) is 13.9 Å². The highest BCUT2D eigenvalue weighted by Crippen LogP contribution is 2.44. The van der Waals surface area contributed by atoms with Crippen LogP contribution in [0.25, 0.3) is 0 Å². The summed E-state index contributed by atoms with van der Waals surface area (Å²) in [4.78, 5) is 0.296. The minimum atomic E-state index is -3.45. The molecule has 1 aliphatic rings. The van der Waals surface area contributed by atoms with Crippen LogP contribution in [-0.2, 0) is 14.6 Å². The monoisotopic (exact) mass is 308 g/mol. The average Bonchev–Trinajstić information content (AvgIpc) is 3.21. The van der Waals surface area contributed by atoms with Crippen molar-refractivity contribution in [2.24, 2.45) is 0 Å². The fraction of sp³-hybridized carbons (Fsp3) is 0.200. The van der Waals surface area contributed by atoms with Crippen molar-refractivity contribution in [1.82, 2.24) is 0 Å². The number of hydrogen-bond donors (Lipinski definition) is 0. The molecule has 3 nitrogen and oxygen atoms in total. The maximum atomic E-state index is 12.4. The van der Waals surface area contributed by atoms with Gasteiger partial charge in [0, 0.05) is 5.02 Å². The zero-order valence-corrected chi connectivity index (χ0v) is 12.4. The lowest BCUT2D eigenvalue weighted by Gasteiger charge is -2.02. The predicted octanol–water partition coefficient (Wildman–Crippen LogP) is 3.52. The summed E-state index contributed by atoms with van der Waals surface area (Å²) in [5.74, 6) is 0. The van der Waals surface area contributed by atoms with Gasteiger partial charge in [-0.2, -0.15) is 0 Å². The van der Waals surface area contributed by atoms with Gasteiger partial charge in [0.2, 0.25) is 9.84 Å². The average molecular weight is 309 g/mol. The van der Waals surface area contributed by atoms with E-state index in [1.165, 1.54) is 0 Å². The summed E-state index contributed by atoms with van der Waals surface area (Å²) in [6.07, 6.45) is -0.404. The molecule has 0 spiro atoms. The molecular formula is C15H13ClO3S. The molecular weight excluding hydrogens is 296 g/mol. The van der Waals surface area contributed by atoms with Crippen molar-refractivity contribution in [1.29, 1.82) is 0 Å². The molecule has 2 atom stereocenters. The molecule has 0 amide bonds. The molecule has 0 aliphatic carbocycles. The summed E-state index contributed by atoms with van der Waals surface area (Å²) < 4.78 is 30.2. The lowest BCUT2D eigenvalue weighted by atomic mass is 10.2. The van der Waals surface area contributed by atoms with Gasteiger partial charge < -0.3 is 4.74 Å². The highest BCUT2D eigenvalue weighted by Gasteiger charge is 2.50. The molecule has 5 heteroatoms. The zero-order valence-electron chi connectivity index (χ0n) is 10.8. The van der Waals surface area contributed by atoms with Crippen LogP contribution in [0.5, 0.6) is 0 Å². The van der Waals surface area contributed by atoms with Gasteiger partial charge >= 0.3 is 0 Å². The van der Waals surface area contributed by atoms with E-state index in [9.17, 15) is 8.42 Å². The molecule has 0 bridgehead atoms. The first-order valence-electron chi connectivity index (χ1n) is 6.20. The molecule has 104 valence electrons. The van der Waals surface area contributed by atoms with Crippen molar-refractivity contribution in [2.75, 3.05) is 0 Å². The van der Waals surface area contributed by atoms with Crippen molar-refractivity contribution in [3.05, 3.63) is 64.7 Å². The summed E-state index contributed by atoms with van der Waals surface area (Å²) in [6, 6.07) is 13.8. The molecule has 0 aromatic heterocycles. The third-order valence-electron chi connectivity index (χ3n) is 3.31. The van der Waals surface area contributed by atoms with E-state index >= 15 is 0 Å². The molecule has 1 fully saturated rings.